The minimum Gasteiger partial charge on any atom is -0.389 e. The van der Waals surface area contributed by atoms with Crippen molar-refractivity contribution in [1.82, 2.24) is 5.06 Å². The first-order valence-electron chi connectivity index (χ1n) is 2.88. The first-order chi connectivity index (χ1) is 4.20. The molecule has 1 atom stereocenters. The van der Waals surface area contributed by atoms with E-state index in [1.165, 1.54) is 0 Å². The summed E-state index contributed by atoms with van der Waals surface area (Å²) >= 11 is 0. The molecule has 0 bridgehead atoms. The predicted molar refractivity (Wildman–Crippen MR) is 31.0 cm³/mol. The van der Waals surface area contributed by atoms with Gasteiger partial charge in [0.15, 0.2) is 0 Å². The lowest BCUT2D eigenvalue weighted by Gasteiger charge is -2.13. The molecule has 0 aromatic rings. The van der Waals surface area contributed by atoms with Gasteiger partial charge >= 0.3 is 0 Å². The van der Waals surface area contributed by atoms with E-state index in [1.807, 2.05) is 0 Å². The molecule has 0 aromatic heterocycles. The van der Waals surface area contributed by atoms with Gasteiger partial charge in [0.2, 0.25) is 0 Å². The molecule has 0 heterocycles. The van der Waals surface area contributed by atoms with Crippen LogP contribution in [0.1, 0.15) is 6.92 Å². The second-order valence-corrected chi connectivity index (χ2v) is 1.81. The van der Waals surface area contributed by atoms with Crippen LogP contribution < -0.4 is 0 Å². The molecule has 0 aliphatic heterocycles. The number of aliphatic hydroxyl groups excluding tert-OH is 1. The summed E-state index contributed by atoms with van der Waals surface area (Å²) in [6, 6.07) is 0. The molecule has 0 rings (SSSR count). The molecule has 0 spiro atoms. The highest BCUT2D eigenvalue weighted by Crippen LogP contribution is 1.87. The number of hydrogen-bond donors (Lipinski definition) is 2. The Morgan fingerprint density at radius 1 is 1.67 bits per heavy atom. The third-order valence-electron chi connectivity index (χ3n) is 0.965. The Bertz CT molecular complexity index is 64.0. The van der Waals surface area contributed by atoms with Crippen molar-refractivity contribution in [2.45, 2.75) is 13.0 Å². The average molecular weight is 137 g/mol. The Balaban J connectivity index is 3.22. The molecule has 0 radical (unpaired) electrons. The summed E-state index contributed by atoms with van der Waals surface area (Å²) < 4.78 is 11.5. The smallest absolute Gasteiger partial charge is 0.117 e. The molecule has 4 heteroatoms. The van der Waals surface area contributed by atoms with E-state index < -0.39 is 12.8 Å². The van der Waals surface area contributed by atoms with Crippen molar-refractivity contribution in [1.29, 1.82) is 0 Å². The number of hydroxylamine groups is 2. The number of halogens is 1. The number of alkyl halides is 1. The molecular weight excluding hydrogens is 125 g/mol. The van der Waals surface area contributed by atoms with Crippen LogP contribution in [0.3, 0.4) is 0 Å². The lowest BCUT2D eigenvalue weighted by atomic mass is 10.4. The van der Waals surface area contributed by atoms with Gasteiger partial charge in [0.1, 0.15) is 6.67 Å². The Labute approximate surface area is 53.7 Å². The predicted octanol–water partition coefficient (Wildman–Crippen LogP) is 0.0279. The maximum atomic E-state index is 11.5. The van der Waals surface area contributed by atoms with Crippen molar-refractivity contribution in [2.75, 3.05) is 19.8 Å². The first kappa shape index (κ1) is 8.81. The molecule has 0 aliphatic carbocycles. The van der Waals surface area contributed by atoms with Crippen LogP contribution in [0.4, 0.5) is 4.39 Å². The summed E-state index contributed by atoms with van der Waals surface area (Å²) in [5.41, 5.74) is 0. The number of nitrogens with zero attached hydrogens (tertiary/aromatic N) is 1. The summed E-state index contributed by atoms with van der Waals surface area (Å²) in [6.45, 7) is 1.28. The van der Waals surface area contributed by atoms with Crippen molar-refractivity contribution < 1.29 is 14.7 Å². The van der Waals surface area contributed by atoms with E-state index in [1.54, 1.807) is 6.92 Å². The van der Waals surface area contributed by atoms with Gasteiger partial charge in [0.05, 0.1) is 12.6 Å². The molecule has 3 nitrogen and oxygen atoms in total. The first-order valence-corrected chi connectivity index (χ1v) is 2.88. The van der Waals surface area contributed by atoms with Crippen LogP contribution in [0.25, 0.3) is 0 Å². The fraction of sp³-hybridized carbons (Fsp3) is 1.00. The van der Waals surface area contributed by atoms with Crippen LogP contribution in [0, 0.1) is 0 Å². The van der Waals surface area contributed by atoms with Gasteiger partial charge in [-0.2, -0.15) is 5.06 Å². The second-order valence-electron chi connectivity index (χ2n) is 1.81. The Kier molecular flexibility index (Phi) is 4.57. The van der Waals surface area contributed by atoms with Gasteiger partial charge in [0.25, 0.3) is 0 Å². The lowest BCUT2D eigenvalue weighted by molar-refractivity contribution is -0.111. The molecule has 1 unspecified atom stereocenters. The van der Waals surface area contributed by atoms with E-state index in [2.05, 4.69) is 0 Å². The van der Waals surface area contributed by atoms with Crippen molar-refractivity contribution in [3.05, 3.63) is 0 Å². The highest BCUT2D eigenvalue weighted by atomic mass is 19.1. The molecule has 2 N–H and O–H groups in total. The van der Waals surface area contributed by atoms with E-state index >= 15 is 0 Å². The SMILES string of the molecule is CCN(O)CC(O)CF. The molecule has 0 fully saturated rings. The lowest BCUT2D eigenvalue weighted by Crippen LogP contribution is -2.30. The van der Waals surface area contributed by atoms with Gasteiger partial charge in [0, 0.05) is 6.54 Å². The van der Waals surface area contributed by atoms with E-state index in [9.17, 15) is 4.39 Å². The molecule has 0 amide bonds. The van der Waals surface area contributed by atoms with Gasteiger partial charge in [-0.15, -0.1) is 0 Å². The summed E-state index contributed by atoms with van der Waals surface area (Å²) in [5, 5.41) is 18.1. The zero-order chi connectivity index (χ0) is 7.28. The number of likely N-dealkylation sites (N-methyl/N-ethyl adjacent to an activating group) is 1. The molecular formula is C5H12FNO2. The van der Waals surface area contributed by atoms with Crippen molar-refractivity contribution in [3.8, 4) is 0 Å². The molecule has 0 aromatic carbocycles. The normalized spacial score (nSPS) is 14.3. The fourth-order valence-electron chi connectivity index (χ4n) is 0.421. The minimum atomic E-state index is -1.06. The average Bonchev–Trinajstić information content (AvgIpc) is 1.87. The summed E-state index contributed by atoms with van der Waals surface area (Å²) in [6.07, 6.45) is -1.06. The summed E-state index contributed by atoms with van der Waals surface area (Å²) in [7, 11) is 0. The molecule has 0 saturated carbocycles. The van der Waals surface area contributed by atoms with Crippen molar-refractivity contribution in [2.24, 2.45) is 0 Å². The molecule has 0 saturated heterocycles. The number of hydrogen-bond acceptors (Lipinski definition) is 3. The monoisotopic (exact) mass is 137 g/mol. The van der Waals surface area contributed by atoms with Crippen molar-refractivity contribution in [3.63, 3.8) is 0 Å². The highest BCUT2D eigenvalue weighted by molar-refractivity contribution is 4.53. The molecule has 9 heavy (non-hydrogen) atoms. The Morgan fingerprint density at radius 2 is 2.22 bits per heavy atom. The van der Waals surface area contributed by atoms with Gasteiger partial charge in [-0.25, -0.2) is 4.39 Å². The Morgan fingerprint density at radius 3 is 2.56 bits per heavy atom. The van der Waals surface area contributed by atoms with Crippen LogP contribution in [0.2, 0.25) is 0 Å². The largest absolute Gasteiger partial charge is 0.389 e. The van der Waals surface area contributed by atoms with Crippen LogP contribution in [-0.2, 0) is 0 Å². The number of rotatable bonds is 4. The van der Waals surface area contributed by atoms with Crippen LogP contribution >= 0.6 is 0 Å². The van der Waals surface area contributed by atoms with Gasteiger partial charge in [-0.05, 0) is 0 Å². The van der Waals surface area contributed by atoms with Gasteiger partial charge in [-0.3, -0.25) is 0 Å². The zero-order valence-electron chi connectivity index (χ0n) is 5.42. The summed E-state index contributed by atoms with van der Waals surface area (Å²) in [5.74, 6) is 0. The van der Waals surface area contributed by atoms with E-state index in [0.29, 0.717) is 6.54 Å². The van der Waals surface area contributed by atoms with E-state index in [4.69, 9.17) is 10.3 Å². The second kappa shape index (κ2) is 4.67. The van der Waals surface area contributed by atoms with Gasteiger partial charge < -0.3 is 10.3 Å². The molecule has 0 aliphatic rings. The molecule has 56 valence electrons. The maximum Gasteiger partial charge on any atom is 0.117 e. The van der Waals surface area contributed by atoms with Gasteiger partial charge in [-0.1, -0.05) is 6.92 Å². The third-order valence-corrected chi connectivity index (χ3v) is 0.965. The highest BCUT2D eigenvalue weighted by Gasteiger charge is 2.05. The zero-order valence-corrected chi connectivity index (χ0v) is 5.42. The standard InChI is InChI=1S/C5H12FNO2/c1-2-7(9)4-5(8)3-6/h5,8-9H,2-4H2,1H3. The van der Waals surface area contributed by atoms with Crippen LogP contribution in [-0.4, -0.2) is 41.2 Å². The minimum absolute atomic E-state index is 0.0208. The number of aliphatic hydroxyl groups is 1. The third kappa shape index (κ3) is 4.32. The fourth-order valence-corrected chi connectivity index (χ4v) is 0.421. The van der Waals surface area contributed by atoms with Crippen LogP contribution in [0.5, 0.6) is 0 Å². The quantitative estimate of drug-likeness (QED) is 0.537. The maximum absolute atomic E-state index is 11.5. The van der Waals surface area contributed by atoms with Crippen molar-refractivity contribution >= 4 is 0 Å². The van der Waals surface area contributed by atoms with E-state index in [0.717, 1.165) is 5.06 Å². The summed E-state index contributed by atoms with van der Waals surface area (Å²) in [4.78, 5) is 0. The van der Waals surface area contributed by atoms with E-state index in [-0.39, 0.29) is 6.54 Å². The Hall–Kier alpha value is -0.190. The topological polar surface area (TPSA) is 43.7 Å². The van der Waals surface area contributed by atoms with Crippen LogP contribution in [0.15, 0.2) is 0 Å².